The molecule has 3 N–H and O–H groups in total. The average molecular weight is 332 g/mol. The monoisotopic (exact) mass is 332 g/mol. The van der Waals surface area contributed by atoms with Gasteiger partial charge in [0.2, 0.25) is 0 Å². The Bertz CT molecular complexity index is 628. The minimum Gasteiger partial charge on any atom is -0.497 e. The van der Waals surface area contributed by atoms with Gasteiger partial charge in [0.1, 0.15) is 17.6 Å². The maximum absolute atomic E-state index is 11.9. The number of methoxy groups -OCH3 is 1. The number of aliphatic hydroxyl groups is 1. The Kier molecular flexibility index (Phi) is 6.69. The Labute approximate surface area is 141 Å². The fourth-order valence-electron chi connectivity index (χ4n) is 2.41. The SMILES string of the molecule is COc1cccc(CCNC(=O)NC(C)CC(O)c2ccco2)c1. The Morgan fingerprint density at radius 2 is 2.17 bits per heavy atom. The molecular weight excluding hydrogens is 308 g/mol. The first-order chi connectivity index (χ1) is 11.6. The zero-order valence-corrected chi connectivity index (χ0v) is 14.0. The standard InChI is InChI=1S/C18H24N2O4/c1-13(11-16(21)17-7-4-10-24-17)20-18(22)19-9-8-14-5-3-6-15(12-14)23-2/h3-7,10,12-13,16,21H,8-9,11H2,1-2H3,(H2,19,20,22). The zero-order chi connectivity index (χ0) is 17.4. The number of amides is 2. The van der Waals surface area contributed by atoms with Gasteiger partial charge in [-0.3, -0.25) is 0 Å². The molecule has 0 aliphatic rings. The minimum absolute atomic E-state index is 0.179. The topological polar surface area (TPSA) is 83.7 Å². The molecular formula is C18H24N2O4. The second-order valence-corrected chi connectivity index (χ2v) is 5.67. The first-order valence-electron chi connectivity index (χ1n) is 7.97. The molecule has 0 fully saturated rings. The van der Waals surface area contributed by atoms with Gasteiger partial charge in [0, 0.05) is 19.0 Å². The van der Waals surface area contributed by atoms with E-state index in [-0.39, 0.29) is 12.1 Å². The lowest BCUT2D eigenvalue weighted by Gasteiger charge is -2.17. The molecule has 0 radical (unpaired) electrons. The minimum atomic E-state index is -0.730. The lowest BCUT2D eigenvalue weighted by atomic mass is 10.1. The summed E-state index contributed by atoms with van der Waals surface area (Å²) in [5.74, 6) is 1.31. The van der Waals surface area contributed by atoms with Gasteiger partial charge in [0.25, 0.3) is 0 Å². The molecule has 2 unspecified atom stereocenters. The molecule has 2 amide bonds. The number of nitrogens with one attached hydrogen (secondary N) is 2. The van der Waals surface area contributed by atoms with E-state index in [0.717, 1.165) is 11.3 Å². The van der Waals surface area contributed by atoms with E-state index in [1.54, 1.807) is 19.2 Å². The Hall–Kier alpha value is -2.47. The summed E-state index contributed by atoms with van der Waals surface area (Å²) >= 11 is 0. The lowest BCUT2D eigenvalue weighted by molar-refractivity contribution is 0.129. The molecule has 24 heavy (non-hydrogen) atoms. The third kappa shape index (κ3) is 5.62. The summed E-state index contributed by atoms with van der Waals surface area (Å²) in [4.78, 5) is 11.9. The van der Waals surface area contributed by atoms with Crippen molar-refractivity contribution >= 4 is 6.03 Å². The van der Waals surface area contributed by atoms with Gasteiger partial charge in [-0.1, -0.05) is 12.1 Å². The molecule has 2 aromatic rings. The first kappa shape index (κ1) is 17.9. The maximum Gasteiger partial charge on any atom is 0.315 e. The van der Waals surface area contributed by atoms with E-state index in [4.69, 9.17) is 9.15 Å². The van der Waals surface area contributed by atoms with Crippen LogP contribution >= 0.6 is 0 Å². The molecule has 1 aromatic carbocycles. The van der Waals surface area contributed by atoms with Crippen molar-refractivity contribution in [1.29, 1.82) is 0 Å². The van der Waals surface area contributed by atoms with E-state index in [1.165, 1.54) is 6.26 Å². The van der Waals surface area contributed by atoms with Crippen LogP contribution in [0.2, 0.25) is 0 Å². The van der Waals surface area contributed by atoms with E-state index in [2.05, 4.69) is 10.6 Å². The fraction of sp³-hybridized carbons (Fsp3) is 0.389. The lowest BCUT2D eigenvalue weighted by Crippen LogP contribution is -2.42. The first-order valence-corrected chi connectivity index (χ1v) is 7.97. The molecule has 130 valence electrons. The van der Waals surface area contributed by atoms with Crippen molar-refractivity contribution in [3.8, 4) is 5.75 Å². The molecule has 6 heteroatoms. The molecule has 0 bridgehead atoms. The highest BCUT2D eigenvalue weighted by molar-refractivity contribution is 5.74. The van der Waals surface area contributed by atoms with Crippen LogP contribution in [-0.2, 0) is 6.42 Å². The number of rotatable bonds is 8. The van der Waals surface area contributed by atoms with Crippen LogP contribution < -0.4 is 15.4 Å². The average Bonchev–Trinajstić information content (AvgIpc) is 3.09. The quantitative estimate of drug-likeness (QED) is 0.694. The number of ether oxygens (including phenoxy) is 1. The number of carbonyl (C=O) groups excluding carboxylic acids is 1. The molecule has 1 heterocycles. The number of hydrogen-bond donors (Lipinski definition) is 3. The summed E-state index contributed by atoms with van der Waals surface area (Å²) in [6.07, 6.45) is 1.89. The zero-order valence-electron chi connectivity index (χ0n) is 14.0. The summed E-state index contributed by atoms with van der Waals surface area (Å²) in [5.41, 5.74) is 1.09. The molecule has 0 saturated heterocycles. The van der Waals surface area contributed by atoms with Gasteiger partial charge < -0.3 is 24.9 Å². The van der Waals surface area contributed by atoms with Crippen LogP contribution in [0.1, 0.15) is 30.8 Å². The Morgan fingerprint density at radius 3 is 2.88 bits per heavy atom. The smallest absolute Gasteiger partial charge is 0.315 e. The van der Waals surface area contributed by atoms with E-state index in [1.807, 2.05) is 31.2 Å². The van der Waals surface area contributed by atoms with Crippen molar-refractivity contribution in [3.05, 3.63) is 54.0 Å². The van der Waals surface area contributed by atoms with E-state index >= 15 is 0 Å². The summed E-state index contributed by atoms with van der Waals surface area (Å²) in [5, 5.41) is 15.6. The van der Waals surface area contributed by atoms with Crippen LogP contribution in [0.15, 0.2) is 47.1 Å². The van der Waals surface area contributed by atoms with Crippen LogP contribution in [0.3, 0.4) is 0 Å². The predicted octanol–water partition coefficient (Wildman–Crippen LogP) is 2.64. The van der Waals surface area contributed by atoms with Gasteiger partial charge in [-0.15, -0.1) is 0 Å². The normalized spacial score (nSPS) is 13.1. The largest absolute Gasteiger partial charge is 0.497 e. The van der Waals surface area contributed by atoms with Gasteiger partial charge in [0.05, 0.1) is 13.4 Å². The van der Waals surface area contributed by atoms with Crippen molar-refractivity contribution < 1.29 is 19.1 Å². The van der Waals surface area contributed by atoms with Crippen molar-refractivity contribution in [2.75, 3.05) is 13.7 Å². The van der Waals surface area contributed by atoms with Gasteiger partial charge in [0.15, 0.2) is 0 Å². The molecule has 0 aliphatic carbocycles. The van der Waals surface area contributed by atoms with Crippen molar-refractivity contribution in [3.63, 3.8) is 0 Å². The number of hydrogen-bond acceptors (Lipinski definition) is 4. The maximum atomic E-state index is 11.9. The van der Waals surface area contributed by atoms with Crippen LogP contribution in [-0.4, -0.2) is 30.8 Å². The second kappa shape index (κ2) is 8.98. The third-order valence-corrected chi connectivity index (χ3v) is 3.66. The molecule has 1 aromatic heterocycles. The molecule has 2 rings (SSSR count). The van der Waals surface area contributed by atoms with E-state index in [9.17, 15) is 9.90 Å². The van der Waals surface area contributed by atoms with Gasteiger partial charge >= 0.3 is 6.03 Å². The second-order valence-electron chi connectivity index (χ2n) is 5.67. The van der Waals surface area contributed by atoms with Gasteiger partial charge in [-0.05, 0) is 43.2 Å². The van der Waals surface area contributed by atoms with Gasteiger partial charge in [-0.25, -0.2) is 4.79 Å². The highest BCUT2D eigenvalue weighted by Crippen LogP contribution is 2.18. The highest BCUT2D eigenvalue weighted by atomic mass is 16.5. The summed E-state index contributed by atoms with van der Waals surface area (Å²) in [6, 6.07) is 10.8. The number of carbonyl (C=O) groups is 1. The van der Waals surface area contributed by atoms with E-state index < -0.39 is 6.10 Å². The summed E-state index contributed by atoms with van der Waals surface area (Å²) in [7, 11) is 1.63. The van der Waals surface area contributed by atoms with Crippen LogP contribution in [0.5, 0.6) is 5.75 Å². The van der Waals surface area contributed by atoms with Crippen molar-refractivity contribution in [2.45, 2.75) is 31.9 Å². The van der Waals surface area contributed by atoms with Crippen LogP contribution in [0.4, 0.5) is 4.79 Å². The van der Waals surface area contributed by atoms with Crippen LogP contribution in [0.25, 0.3) is 0 Å². The molecule has 0 spiro atoms. The number of aliphatic hydroxyl groups excluding tert-OH is 1. The molecule has 2 atom stereocenters. The highest BCUT2D eigenvalue weighted by Gasteiger charge is 2.16. The van der Waals surface area contributed by atoms with E-state index in [0.29, 0.717) is 25.1 Å². The Morgan fingerprint density at radius 1 is 1.33 bits per heavy atom. The molecule has 6 nitrogen and oxygen atoms in total. The van der Waals surface area contributed by atoms with Crippen LogP contribution in [0, 0.1) is 0 Å². The van der Waals surface area contributed by atoms with Crippen molar-refractivity contribution in [1.82, 2.24) is 10.6 Å². The summed E-state index contributed by atoms with van der Waals surface area (Å²) in [6.45, 7) is 2.36. The number of benzene rings is 1. The fourth-order valence-corrected chi connectivity index (χ4v) is 2.41. The molecule has 0 saturated carbocycles. The number of furan rings is 1. The number of urea groups is 1. The third-order valence-electron chi connectivity index (χ3n) is 3.66. The Balaban J connectivity index is 1.68. The summed E-state index contributed by atoms with van der Waals surface area (Å²) < 4.78 is 10.3. The van der Waals surface area contributed by atoms with Gasteiger partial charge in [-0.2, -0.15) is 0 Å². The molecule has 0 aliphatic heterocycles. The van der Waals surface area contributed by atoms with Crippen molar-refractivity contribution in [2.24, 2.45) is 0 Å². The predicted molar refractivity (Wildman–Crippen MR) is 91.0 cm³/mol.